The summed E-state index contributed by atoms with van der Waals surface area (Å²) in [6.07, 6.45) is 0. The summed E-state index contributed by atoms with van der Waals surface area (Å²) >= 11 is 0. The number of carbonyl (C=O) groups excluding carboxylic acids is 2. The van der Waals surface area contributed by atoms with Crippen LogP contribution < -0.4 is 10.2 Å². The van der Waals surface area contributed by atoms with Crippen molar-refractivity contribution < 1.29 is 9.59 Å². The van der Waals surface area contributed by atoms with Crippen LogP contribution in [0.4, 0.5) is 11.6 Å². The molecule has 138 valence electrons. The molecule has 0 unspecified atom stereocenters. The Hall–Kier alpha value is -3.47. The van der Waals surface area contributed by atoms with E-state index in [4.69, 9.17) is 5.26 Å². The number of nitrogens with zero attached hydrogens (tertiary/aromatic N) is 5. The van der Waals surface area contributed by atoms with E-state index < -0.39 is 5.91 Å². The predicted molar refractivity (Wildman–Crippen MR) is 100 cm³/mol. The molecular formula is C19H20N6O2. The third-order valence-electron chi connectivity index (χ3n) is 4.38. The number of piperazine rings is 1. The van der Waals surface area contributed by atoms with E-state index >= 15 is 0 Å². The Kier molecular flexibility index (Phi) is 5.31. The number of rotatable bonds is 3. The first-order valence-electron chi connectivity index (χ1n) is 8.64. The SMILES string of the molecule is CC(=O)N1CCN(c2nc(C)cc(C(=O)Nc3ccccc3C#N)n2)CC1. The van der Waals surface area contributed by atoms with Crippen LogP contribution in [0.5, 0.6) is 0 Å². The van der Waals surface area contributed by atoms with E-state index in [1.165, 1.54) is 0 Å². The topological polar surface area (TPSA) is 102 Å². The number of amides is 2. The molecule has 8 heteroatoms. The van der Waals surface area contributed by atoms with Gasteiger partial charge in [-0.15, -0.1) is 0 Å². The molecule has 1 saturated heterocycles. The van der Waals surface area contributed by atoms with Gasteiger partial charge in [0.25, 0.3) is 5.91 Å². The third kappa shape index (κ3) is 4.20. The van der Waals surface area contributed by atoms with Crippen LogP contribution in [0, 0.1) is 18.3 Å². The molecular weight excluding hydrogens is 344 g/mol. The quantitative estimate of drug-likeness (QED) is 0.887. The minimum Gasteiger partial charge on any atom is -0.339 e. The van der Waals surface area contributed by atoms with Gasteiger partial charge in [0.15, 0.2) is 0 Å². The van der Waals surface area contributed by atoms with E-state index in [9.17, 15) is 9.59 Å². The number of hydrogen-bond donors (Lipinski definition) is 1. The first-order chi connectivity index (χ1) is 13.0. The minimum atomic E-state index is -0.396. The van der Waals surface area contributed by atoms with Crippen LogP contribution in [-0.4, -0.2) is 52.9 Å². The lowest BCUT2D eigenvalue weighted by Crippen LogP contribution is -2.48. The molecule has 3 rings (SSSR count). The summed E-state index contributed by atoms with van der Waals surface area (Å²) in [5.74, 6) is 0.125. The van der Waals surface area contributed by atoms with Gasteiger partial charge in [-0.3, -0.25) is 9.59 Å². The Labute approximate surface area is 157 Å². The second-order valence-corrected chi connectivity index (χ2v) is 6.30. The van der Waals surface area contributed by atoms with Crippen LogP contribution >= 0.6 is 0 Å². The van der Waals surface area contributed by atoms with Crippen molar-refractivity contribution in [1.82, 2.24) is 14.9 Å². The number of hydrogen-bond acceptors (Lipinski definition) is 6. The number of carbonyl (C=O) groups is 2. The highest BCUT2D eigenvalue weighted by Crippen LogP contribution is 2.17. The van der Waals surface area contributed by atoms with Gasteiger partial charge in [0.2, 0.25) is 11.9 Å². The molecule has 0 radical (unpaired) electrons. The van der Waals surface area contributed by atoms with Crippen molar-refractivity contribution in [2.45, 2.75) is 13.8 Å². The Balaban J connectivity index is 1.78. The summed E-state index contributed by atoms with van der Waals surface area (Å²) in [6, 6.07) is 10.5. The van der Waals surface area contributed by atoms with Gasteiger partial charge in [0.1, 0.15) is 11.8 Å². The second kappa shape index (κ2) is 7.83. The Bertz CT molecular complexity index is 913. The van der Waals surface area contributed by atoms with E-state index in [1.54, 1.807) is 49.1 Å². The Morgan fingerprint density at radius 2 is 1.85 bits per heavy atom. The van der Waals surface area contributed by atoms with Gasteiger partial charge < -0.3 is 15.1 Å². The van der Waals surface area contributed by atoms with Crippen molar-refractivity contribution in [2.75, 3.05) is 36.4 Å². The van der Waals surface area contributed by atoms with Gasteiger partial charge in [-0.2, -0.15) is 5.26 Å². The van der Waals surface area contributed by atoms with E-state index in [-0.39, 0.29) is 11.6 Å². The molecule has 1 fully saturated rings. The van der Waals surface area contributed by atoms with Gasteiger partial charge in [0.05, 0.1) is 11.3 Å². The van der Waals surface area contributed by atoms with Crippen LogP contribution in [0.1, 0.15) is 28.7 Å². The molecule has 2 aromatic rings. The monoisotopic (exact) mass is 364 g/mol. The number of nitriles is 1. The summed E-state index contributed by atoms with van der Waals surface area (Å²) in [7, 11) is 0. The molecule has 1 aliphatic rings. The van der Waals surface area contributed by atoms with E-state index in [1.807, 2.05) is 4.90 Å². The maximum Gasteiger partial charge on any atom is 0.274 e. The lowest BCUT2D eigenvalue weighted by Gasteiger charge is -2.34. The standard InChI is InChI=1S/C19H20N6O2/c1-13-11-17(18(27)22-16-6-4-3-5-15(16)12-20)23-19(21-13)25-9-7-24(8-10-25)14(2)26/h3-6,11H,7-10H2,1-2H3,(H,22,27). The first-order valence-corrected chi connectivity index (χ1v) is 8.64. The average molecular weight is 364 g/mol. The number of aromatic nitrogens is 2. The largest absolute Gasteiger partial charge is 0.339 e. The van der Waals surface area contributed by atoms with Gasteiger partial charge in [0, 0.05) is 38.8 Å². The fourth-order valence-corrected chi connectivity index (χ4v) is 2.91. The van der Waals surface area contributed by atoms with Crippen LogP contribution in [0.15, 0.2) is 30.3 Å². The summed E-state index contributed by atoms with van der Waals surface area (Å²) in [5, 5.41) is 11.9. The maximum absolute atomic E-state index is 12.6. The van der Waals surface area contributed by atoms with Crippen molar-refractivity contribution in [2.24, 2.45) is 0 Å². The van der Waals surface area contributed by atoms with Crippen molar-refractivity contribution >= 4 is 23.5 Å². The molecule has 2 heterocycles. The van der Waals surface area contributed by atoms with Crippen LogP contribution in [0.2, 0.25) is 0 Å². The van der Waals surface area contributed by atoms with Crippen LogP contribution in [0.25, 0.3) is 0 Å². The van der Waals surface area contributed by atoms with Crippen molar-refractivity contribution in [3.05, 3.63) is 47.3 Å². The molecule has 0 saturated carbocycles. The lowest BCUT2D eigenvalue weighted by atomic mass is 10.2. The fraction of sp³-hybridized carbons (Fsp3) is 0.316. The minimum absolute atomic E-state index is 0.0519. The summed E-state index contributed by atoms with van der Waals surface area (Å²) in [4.78, 5) is 36.7. The number of para-hydroxylation sites is 1. The summed E-state index contributed by atoms with van der Waals surface area (Å²) < 4.78 is 0. The fourth-order valence-electron chi connectivity index (χ4n) is 2.91. The summed E-state index contributed by atoms with van der Waals surface area (Å²) in [6.45, 7) is 5.79. The zero-order valence-corrected chi connectivity index (χ0v) is 15.3. The highest BCUT2D eigenvalue weighted by molar-refractivity contribution is 6.03. The first kappa shape index (κ1) is 18.3. The molecule has 1 aromatic carbocycles. The molecule has 1 aromatic heterocycles. The predicted octanol–water partition coefficient (Wildman–Crippen LogP) is 1.58. The lowest BCUT2D eigenvalue weighted by molar-refractivity contribution is -0.129. The number of anilines is 2. The summed E-state index contributed by atoms with van der Waals surface area (Å²) in [5.41, 5.74) is 1.74. The van der Waals surface area contributed by atoms with Gasteiger partial charge in [-0.25, -0.2) is 9.97 Å². The zero-order valence-electron chi connectivity index (χ0n) is 15.3. The number of nitrogens with one attached hydrogen (secondary N) is 1. The highest BCUT2D eigenvalue weighted by atomic mass is 16.2. The van der Waals surface area contributed by atoms with Gasteiger partial charge in [-0.1, -0.05) is 12.1 Å². The molecule has 27 heavy (non-hydrogen) atoms. The number of aryl methyl sites for hydroxylation is 1. The Morgan fingerprint density at radius 1 is 1.15 bits per heavy atom. The average Bonchev–Trinajstić information content (AvgIpc) is 2.68. The zero-order chi connectivity index (χ0) is 19.4. The molecule has 1 N–H and O–H groups in total. The Morgan fingerprint density at radius 3 is 2.52 bits per heavy atom. The van der Waals surface area contributed by atoms with Gasteiger partial charge in [-0.05, 0) is 25.1 Å². The molecule has 1 aliphatic heterocycles. The third-order valence-corrected chi connectivity index (χ3v) is 4.38. The molecule has 0 aliphatic carbocycles. The van der Waals surface area contributed by atoms with Crippen molar-refractivity contribution in [3.8, 4) is 6.07 Å². The smallest absolute Gasteiger partial charge is 0.274 e. The van der Waals surface area contributed by atoms with Crippen molar-refractivity contribution in [1.29, 1.82) is 5.26 Å². The van der Waals surface area contributed by atoms with Crippen molar-refractivity contribution in [3.63, 3.8) is 0 Å². The molecule has 0 spiro atoms. The molecule has 8 nitrogen and oxygen atoms in total. The van der Waals surface area contributed by atoms with E-state index in [2.05, 4.69) is 21.4 Å². The van der Waals surface area contributed by atoms with Crippen LogP contribution in [-0.2, 0) is 4.79 Å². The molecule has 2 amide bonds. The maximum atomic E-state index is 12.6. The highest BCUT2D eigenvalue weighted by Gasteiger charge is 2.22. The molecule has 0 atom stereocenters. The van der Waals surface area contributed by atoms with Crippen LogP contribution in [0.3, 0.4) is 0 Å². The van der Waals surface area contributed by atoms with Gasteiger partial charge >= 0.3 is 0 Å². The number of benzene rings is 1. The van der Waals surface area contributed by atoms with E-state index in [0.29, 0.717) is 49.1 Å². The van der Waals surface area contributed by atoms with E-state index in [0.717, 1.165) is 0 Å². The second-order valence-electron chi connectivity index (χ2n) is 6.30. The molecule has 0 bridgehead atoms. The normalized spacial score (nSPS) is 13.8.